The van der Waals surface area contributed by atoms with Gasteiger partial charge in [-0.1, -0.05) is 26.0 Å². The normalized spacial score (nSPS) is 13.0. The highest BCUT2D eigenvalue weighted by molar-refractivity contribution is 5.25. The molecule has 0 aliphatic rings. The van der Waals surface area contributed by atoms with Gasteiger partial charge >= 0.3 is 0 Å². The van der Waals surface area contributed by atoms with Gasteiger partial charge in [-0.15, -0.1) is 0 Å². The molecule has 0 bridgehead atoms. The van der Waals surface area contributed by atoms with Crippen LogP contribution in [0, 0.1) is 12.7 Å². The molecular weight excluding hydrogens is 227 g/mol. The molecule has 0 aliphatic carbocycles. The topological polar surface area (TPSA) is 15.3 Å². The molecule has 0 heterocycles. The SMILES string of the molecule is CCN(CC)CCC(NC)c1ccc(C)c(F)c1. The fourth-order valence-corrected chi connectivity index (χ4v) is 2.16. The zero-order valence-electron chi connectivity index (χ0n) is 12.0. The van der Waals surface area contributed by atoms with E-state index in [1.165, 1.54) is 0 Å². The van der Waals surface area contributed by atoms with E-state index in [0.29, 0.717) is 5.56 Å². The Morgan fingerprint density at radius 2 is 1.94 bits per heavy atom. The largest absolute Gasteiger partial charge is 0.313 e. The molecule has 0 radical (unpaired) electrons. The van der Waals surface area contributed by atoms with Gasteiger partial charge in [0.25, 0.3) is 0 Å². The van der Waals surface area contributed by atoms with E-state index in [9.17, 15) is 4.39 Å². The lowest BCUT2D eigenvalue weighted by Gasteiger charge is -2.23. The number of nitrogens with zero attached hydrogens (tertiary/aromatic N) is 1. The highest BCUT2D eigenvalue weighted by atomic mass is 19.1. The predicted molar refractivity (Wildman–Crippen MR) is 75.3 cm³/mol. The van der Waals surface area contributed by atoms with Gasteiger partial charge in [0, 0.05) is 6.04 Å². The number of benzene rings is 1. The second-order valence-corrected chi connectivity index (χ2v) is 4.67. The van der Waals surface area contributed by atoms with Gasteiger partial charge in [0.05, 0.1) is 0 Å². The highest BCUT2D eigenvalue weighted by Gasteiger charge is 2.12. The zero-order valence-corrected chi connectivity index (χ0v) is 12.0. The fourth-order valence-electron chi connectivity index (χ4n) is 2.16. The molecule has 0 aliphatic heterocycles. The summed E-state index contributed by atoms with van der Waals surface area (Å²) in [7, 11) is 1.94. The second-order valence-electron chi connectivity index (χ2n) is 4.67. The van der Waals surface area contributed by atoms with Crippen molar-refractivity contribution in [2.75, 3.05) is 26.7 Å². The van der Waals surface area contributed by atoms with Gasteiger partial charge in [-0.2, -0.15) is 0 Å². The third kappa shape index (κ3) is 4.07. The van der Waals surface area contributed by atoms with Crippen molar-refractivity contribution in [3.63, 3.8) is 0 Å². The monoisotopic (exact) mass is 252 g/mol. The first-order valence-electron chi connectivity index (χ1n) is 6.78. The molecule has 1 atom stereocenters. The maximum Gasteiger partial charge on any atom is 0.126 e. The van der Waals surface area contributed by atoms with Gasteiger partial charge < -0.3 is 10.2 Å². The van der Waals surface area contributed by atoms with Crippen LogP contribution >= 0.6 is 0 Å². The average molecular weight is 252 g/mol. The third-order valence-electron chi connectivity index (χ3n) is 3.58. The number of hydrogen-bond donors (Lipinski definition) is 1. The van der Waals surface area contributed by atoms with Gasteiger partial charge in [0.15, 0.2) is 0 Å². The molecule has 1 unspecified atom stereocenters. The van der Waals surface area contributed by atoms with Crippen molar-refractivity contribution in [3.8, 4) is 0 Å². The third-order valence-corrected chi connectivity index (χ3v) is 3.58. The van der Waals surface area contributed by atoms with Gasteiger partial charge in [-0.25, -0.2) is 4.39 Å². The number of nitrogens with one attached hydrogen (secondary N) is 1. The van der Waals surface area contributed by atoms with E-state index in [1.54, 1.807) is 13.0 Å². The highest BCUT2D eigenvalue weighted by Crippen LogP contribution is 2.19. The molecular formula is C15H25FN2. The molecule has 0 spiro atoms. The van der Waals surface area contributed by atoms with E-state index in [0.717, 1.165) is 31.6 Å². The maximum atomic E-state index is 13.6. The Morgan fingerprint density at radius 1 is 1.28 bits per heavy atom. The van der Waals surface area contributed by atoms with E-state index < -0.39 is 0 Å². The summed E-state index contributed by atoms with van der Waals surface area (Å²) in [6, 6.07) is 5.74. The molecule has 3 heteroatoms. The number of halogens is 1. The molecule has 0 aromatic heterocycles. The second kappa shape index (κ2) is 7.49. The minimum atomic E-state index is -0.115. The molecule has 1 aromatic rings. The summed E-state index contributed by atoms with van der Waals surface area (Å²) in [5.74, 6) is -0.115. The smallest absolute Gasteiger partial charge is 0.126 e. The molecule has 2 nitrogen and oxygen atoms in total. The van der Waals surface area contributed by atoms with Gasteiger partial charge in [-0.05, 0) is 57.2 Å². The minimum absolute atomic E-state index is 0.115. The fraction of sp³-hybridized carbons (Fsp3) is 0.600. The van der Waals surface area contributed by atoms with Crippen LogP contribution in [0.15, 0.2) is 18.2 Å². The zero-order chi connectivity index (χ0) is 13.5. The van der Waals surface area contributed by atoms with Gasteiger partial charge in [0.2, 0.25) is 0 Å². The van der Waals surface area contributed by atoms with Crippen LogP contribution in [0.25, 0.3) is 0 Å². The van der Waals surface area contributed by atoms with Crippen LogP contribution in [0.1, 0.15) is 37.4 Å². The first kappa shape index (κ1) is 15.1. The van der Waals surface area contributed by atoms with E-state index >= 15 is 0 Å². The number of hydrogen-bond acceptors (Lipinski definition) is 2. The van der Waals surface area contributed by atoms with E-state index in [-0.39, 0.29) is 11.9 Å². The standard InChI is InChI=1S/C15H25FN2/c1-5-18(6-2)10-9-15(17-4)13-8-7-12(3)14(16)11-13/h7-8,11,15,17H,5-6,9-10H2,1-4H3. The van der Waals surface area contributed by atoms with Crippen molar-refractivity contribution in [3.05, 3.63) is 35.1 Å². The molecule has 0 saturated carbocycles. The van der Waals surface area contributed by atoms with Crippen LogP contribution < -0.4 is 5.32 Å². The molecule has 1 rings (SSSR count). The van der Waals surface area contributed by atoms with E-state index in [2.05, 4.69) is 24.1 Å². The summed E-state index contributed by atoms with van der Waals surface area (Å²) >= 11 is 0. The Bertz CT molecular complexity index is 362. The Labute approximate surface area is 110 Å². The van der Waals surface area contributed by atoms with Crippen LogP contribution in [0.2, 0.25) is 0 Å². The Kier molecular flexibility index (Phi) is 6.30. The summed E-state index contributed by atoms with van der Waals surface area (Å²) in [5, 5.41) is 3.28. The lowest BCUT2D eigenvalue weighted by Crippen LogP contribution is -2.28. The Morgan fingerprint density at radius 3 is 2.44 bits per heavy atom. The minimum Gasteiger partial charge on any atom is -0.313 e. The van der Waals surface area contributed by atoms with Crippen molar-refractivity contribution < 1.29 is 4.39 Å². The lowest BCUT2D eigenvalue weighted by molar-refractivity contribution is 0.284. The summed E-state index contributed by atoms with van der Waals surface area (Å²) in [4.78, 5) is 2.38. The summed E-state index contributed by atoms with van der Waals surface area (Å²) in [6.07, 6.45) is 1.00. The molecule has 0 fully saturated rings. The van der Waals surface area contributed by atoms with Crippen LogP contribution in [0.5, 0.6) is 0 Å². The van der Waals surface area contributed by atoms with E-state index in [4.69, 9.17) is 0 Å². The molecule has 0 amide bonds. The quantitative estimate of drug-likeness (QED) is 0.802. The van der Waals surface area contributed by atoms with Crippen LogP contribution in [-0.2, 0) is 0 Å². The molecule has 18 heavy (non-hydrogen) atoms. The van der Waals surface area contributed by atoms with Crippen molar-refractivity contribution in [1.29, 1.82) is 0 Å². The van der Waals surface area contributed by atoms with Crippen LogP contribution in [0.3, 0.4) is 0 Å². The molecule has 102 valence electrons. The number of rotatable bonds is 7. The Balaban J connectivity index is 2.67. The first-order chi connectivity index (χ1) is 8.62. The summed E-state index contributed by atoms with van der Waals surface area (Å²) in [6.45, 7) is 9.30. The Hall–Kier alpha value is -0.930. The molecule has 0 saturated heterocycles. The van der Waals surface area contributed by atoms with Crippen LogP contribution in [-0.4, -0.2) is 31.6 Å². The first-order valence-corrected chi connectivity index (χ1v) is 6.78. The number of aryl methyl sites for hydroxylation is 1. The van der Waals surface area contributed by atoms with Gasteiger partial charge in [-0.3, -0.25) is 0 Å². The predicted octanol–water partition coefficient (Wildman–Crippen LogP) is 3.13. The van der Waals surface area contributed by atoms with Crippen molar-refractivity contribution in [1.82, 2.24) is 10.2 Å². The van der Waals surface area contributed by atoms with E-state index in [1.807, 2.05) is 19.2 Å². The molecule has 1 aromatic carbocycles. The summed E-state index contributed by atoms with van der Waals surface area (Å²) in [5.41, 5.74) is 1.74. The van der Waals surface area contributed by atoms with Gasteiger partial charge in [0.1, 0.15) is 5.82 Å². The van der Waals surface area contributed by atoms with Crippen molar-refractivity contribution in [2.24, 2.45) is 0 Å². The maximum absolute atomic E-state index is 13.6. The van der Waals surface area contributed by atoms with Crippen LogP contribution in [0.4, 0.5) is 4.39 Å². The van der Waals surface area contributed by atoms with Crippen molar-refractivity contribution >= 4 is 0 Å². The molecule has 1 N–H and O–H groups in total. The summed E-state index contributed by atoms with van der Waals surface area (Å²) < 4.78 is 13.6. The van der Waals surface area contributed by atoms with Crippen molar-refractivity contribution in [2.45, 2.75) is 33.2 Å². The average Bonchev–Trinajstić information content (AvgIpc) is 2.38. The lowest BCUT2D eigenvalue weighted by atomic mass is 10.0.